The summed E-state index contributed by atoms with van der Waals surface area (Å²) in [5.41, 5.74) is 0. The fourth-order valence-electron chi connectivity index (χ4n) is 2.14. The number of aromatic nitrogens is 1. The third-order valence-electron chi connectivity index (χ3n) is 2.94. The van der Waals surface area contributed by atoms with E-state index in [4.69, 9.17) is 9.47 Å². The molecule has 3 rings (SSSR count). The number of nitrogens with zero attached hydrogens (tertiary/aromatic N) is 3. The monoisotopic (exact) mass is 257 g/mol. The lowest BCUT2D eigenvalue weighted by atomic mass is 10.2. The molecule has 1 spiro atoms. The van der Waals surface area contributed by atoms with E-state index >= 15 is 0 Å². The predicted molar refractivity (Wildman–Crippen MR) is 60.2 cm³/mol. The van der Waals surface area contributed by atoms with Crippen LogP contribution in [-0.2, 0) is 9.47 Å². The first-order valence-electron chi connectivity index (χ1n) is 5.32. The highest BCUT2D eigenvalue weighted by Crippen LogP contribution is 2.36. The molecule has 2 saturated heterocycles. The molecule has 8 heteroatoms. The third-order valence-corrected chi connectivity index (χ3v) is 3.95. The Hall–Kier alpha value is -1.25. The molecule has 7 nitrogen and oxygen atoms in total. The number of nitro groups is 1. The maximum Gasteiger partial charge on any atom is 0.345 e. The smallest absolute Gasteiger partial charge is 0.345 e. The second-order valence-electron chi connectivity index (χ2n) is 4.02. The van der Waals surface area contributed by atoms with Crippen molar-refractivity contribution in [3.8, 4) is 0 Å². The van der Waals surface area contributed by atoms with Gasteiger partial charge in [0.25, 0.3) is 0 Å². The lowest BCUT2D eigenvalue weighted by Crippen LogP contribution is -2.34. The summed E-state index contributed by atoms with van der Waals surface area (Å²) < 4.78 is 11.2. The quantitative estimate of drug-likeness (QED) is 0.581. The molecular formula is C9H11N3O4S. The SMILES string of the molecule is O=[N+]([O-])c1cnc(N2CCC3(C2)OCCO3)s1. The first kappa shape index (κ1) is 10.9. The van der Waals surface area contributed by atoms with Crippen molar-refractivity contribution in [3.05, 3.63) is 16.3 Å². The minimum atomic E-state index is -0.513. The lowest BCUT2D eigenvalue weighted by molar-refractivity contribution is -0.380. The summed E-state index contributed by atoms with van der Waals surface area (Å²) in [6, 6.07) is 0. The van der Waals surface area contributed by atoms with Gasteiger partial charge in [-0.05, 0) is 11.3 Å². The molecular weight excluding hydrogens is 246 g/mol. The van der Waals surface area contributed by atoms with Crippen LogP contribution >= 0.6 is 11.3 Å². The summed E-state index contributed by atoms with van der Waals surface area (Å²) in [6.07, 6.45) is 2.07. The number of anilines is 1. The molecule has 2 aliphatic rings. The Bertz CT molecular complexity index is 443. The molecule has 0 atom stereocenters. The van der Waals surface area contributed by atoms with E-state index in [2.05, 4.69) is 4.98 Å². The average molecular weight is 257 g/mol. The van der Waals surface area contributed by atoms with Crippen LogP contribution in [-0.4, -0.2) is 42.0 Å². The van der Waals surface area contributed by atoms with Crippen molar-refractivity contribution >= 4 is 21.5 Å². The van der Waals surface area contributed by atoms with Crippen LogP contribution in [0.2, 0.25) is 0 Å². The number of rotatable bonds is 2. The molecule has 3 heterocycles. The molecule has 0 N–H and O–H groups in total. The van der Waals surface area contributed by atoms with Gasteiger partial charge in [0.15, 0.2) is 10.9 Å². The normalized spacial score (nSPS) is 22.5. The Balaban J connectivity index is 1.75. The van der Waals surface area contributed by atoms with Crippen molar-refractivity contribution in [1.82, 2.24) is 4.98 Å². The molecule has 0 aromatic carbocycles. The number of hydrogen-bond acceptors (Lipinski definition) is 7. The van der Waals surface area contributed by atoms with Crippen LogP contribution in [0, 0.1) is 10.1 Å². The van der Waals surface area contributed by atoms with Gasteiger partial charge < -0.3 is 14.4 Å². The Morgan fingerprint density at radius 3 is 2.94 bits per heavy atom. The minimum absolute atomic E-state index is 0.0641. The summed E-state index contributed by atoms with van der Waals surface area (Å²) in [7, 11) is 0. The zero-order chi connectivity index (χ0) is 11.9. The minimum Gasteiger partial charge on any atom is -0.346 e. The van der Waals surface area contributed by atoms with E-state index in [1.54, 1.807) is 0 Å². The molecule has 0 bridgehead atoms. The van der Waals surface area contributed by atoms with Gasteiger partial charge in [0.1, 0.15) is 6.20 Å². The Morgan fingerprint density at radius 2 is 2.29 bits per heavy atom. The highest BCUT2D eigenvalue weighted by molar-refractivity contribution is 7.18. The first-order valence-corrected chi connectivity index (χ1v) is 6.13. The molecule has 0 radical (unpaired) electrons. The highest BCUT2D eigenvalue weighted by atomic mass is 32.1. The van der Waals surface area contributed by atoms with Gasteiger partial charge in [-0.1, -0.05) is 0 Å². The van der Waals surface area contributed by atoms with Gasteiger partial charge in [-0.2, -0.15) is 0 Å². The van der Waals surface area contributed by atoms with Crippen molar-refractivity contribution in [3.63, 3.8) is 0 Å². The van der Waals surface area contributed by atoms with E-state index in [1.165, 1.54) is 6.20 Å². The second kappa shape index (κ2) is 3.90. The molecule has 92 valence electrons. The molecule has 0 unspecified atom stereocenters. The molecule has 1 aromatic rings. The van der Waals surface area contributed by atoms with E-state index in [0.717, 1.165) is 24.3 Å². The highest BCUT2D eigenvalue weighted by Gasteiger charge is 2.44. The van der Waals surface area contributed by atoms with Gasteiger partial charge in [-0.25, -0.2) is 4.98 Å². The molecule has 0 aliphatic carbocycles. The van der Waals surface area contributed by atoms with Crippen LogP contribution in [0.25, 0.3) is 0 Å². The van der Waals surface area contributed by atoms with Crippen LogP contribution in [0.3, 0.4) is 0 Å². The number of hydrogen-bond donors (Lipinski definition) is 0. The Morgan fingerprint density at radius 1 is 1.53 bits per heavy atom. The van der Waals surface area contributed by atoms with E-state index in [-0.39, 0.29) is 5.00 Å². The van der Waals surface area contributed by atoms with Crippen LogP contribution < -0.4 is 4.90 Å². The van der Waals surface area contributed by atoms with Gasteiger partial charge in [0.2, 0.25) is 0 Å². The largest absolute Gasteiger partial charge is 0.346 e. The van der Waals surface area contributed by atoms with E-state index < -0.39 is 10.7 Å². The lowest BCUT2D eigenvalue weighted by Gasteiger charge is -2.21. The fourth-order valence-corrected chi connectivity index (χ4v) is 2.89. The zero-order valence-corrected chi connectivity index (χ0v) is 9.81. The summed E-state index contributed by atoms with van der Waals surface area (Å²) >= 11 is 1.08. The summed E-state index contributed by atoms with van der Waals surface area (Å²) in [5, 5.41) is 11.3. The summed E-state index contributed by atoms with van der Waals surface area (Å²) in [6.45, 7) is 2.58. The van der Waals surface area contributed by atoms with Gasteiger partial charge in [-0.15, -0.1) is 0 Å². The van der Waals surface area contributed by atoms with Crippen molar-refractivity contribution in [2.45, 2.75) is 12.2 Å². The van der Waals surface area contributed by atoms with Crippen molar-refractivity contribution in [2.24, 2.45) is 0 Å². The van der Waals surface area contributed by atoms with E-state index in [1.807, 2.05) is 4.90 Å². The van der Waals surface area contributed by atoms with Gasteiger partial charge >= 0.3 is 5.00 Å². The fraction of sp³-hybridized carbons (Fsp3) is 0.667. The van der Waals surface area contributed by atoms with Crippen LogP contribution in [0.1, 0.15) is 6.42 Å². The van der Waals surface area contributed by atoms with E-state index in [9.17, 15) is 10.1 Å². The molecule has 0 amide bonds. The zero-order valence-electron chi connectivity index (χ0n) is 9.00. The second-order valence-corrected chi connectivity index (χ2v) is 5.00. The van der Waals surface area contributed by atoms with Gasteiger partial charge in [0, 0.05) is 13.0 Å². The van der Waals surface area contributed by atoms with Crippen molar-refractivity contribution < 1.29 is 14.4 Å². The molecule has 0 saturated carbocycles. The third kappa shape index (κ3) is 1.88. The van der Waals surface area contributed by atoms with Crippen molar-refractivity contribution in [2.75, 3.05) is 31.2 Å². The Kier molecular flexibility index (Phi) is 2.49. The van der Waals surface area contributed by atoms with Crippen LogP contribution in [0.5, 0.6) is 0 Å². The predicted octanol–water partition coefficient (Wildman–Crippen LogP) is 1.00. The van der Waals surface area contributed by atoms with Gasteiger partial charge in [0.05, 0.1) is 24.7 Å². The topological polar surface area (TPSA) is 77.7 Å². The number of thiazole rings is 1. The molecule has 2 aliphatic heterocycles. The van der Waals surface area contributed by atoms with Gasteiger partial charge in [-0.3, -0.25) is 10.1 Å². The molecule has 2 fully saturated rings. The summed E-state index contributed by atoms with van der Waals surface area (Å²) in [4.78, 5) is 16.2. The van der Waals surface area contributed by atoms with Crippen LogP contribution in [0.4, 0.5) is 10.1 Å². The van der Waals surface area contributed by atoms with Crippen molar-refractivity contribution in [1.29, 1.82) is 0 Å². The number of ether oxygens (including phenoxy) is 2. The molecule has 1 aromatic heterocycles. The standard InChI is InChI=1S/C9H11N3O4S/c13-12(14)7-5-10-8(17-7)11-2-1-9(6-11)15-3-4-16-9/h5H,1-4,6H2. The van der Waals surface area contributed by atoms with Crippen LogP contribution in [0.15, 0.2) is 6.20 Å². The Labute approximate surface area is 101 Å². The van der Waals surface area contributed by atoms with E-state index in [0.29, 0.717) is 24.9 Å². The maximum absolute atomic E-state index is 10.6. The first-order chi connectivity index (χ1) is 8.19. The summed E-state index contributed by atoms with van der Waals surface area (Å²) in [5.74, 6) is -0.513. The average Bonchev–Trinajstić information content (AvgIpc) is 3.01. The molecule has 17 heavy (non-hydrogen) atoms. The maximum atomic E-state index is 10.6.